The van der Waals surface area contributed by atoms with Crippen LogP contribution < -0.4 is 0 Å². The van der Waals surface area contributed by atoms with E-state index < -0.39 is 0 Å². The molecule has 2 heterocycles. The van der Waals surface area contributed by atoms with Crippen molar-refractivity contribution < 1.29 is 0 Å². The minimum Gasteiger partial charge on any atom is -0.331 e. The lowest BCUT2D eigenvalue weighted by molar-refractivity contribution is 0.165. The average molecular weight is 301 g/mol. The Labute approximate surface area is 131 Å². The maximum Gasteiger partial charge on any atom is 0.178 e. The van der Waals surface area contributed by atoms with Gasteiger partial charge in [0.2, 0.25) is 0 Å². The van der Waals surface area contributed by atoms with Crippen LogP contribution in [0.15, 0.2) is 29.8 Å². The quantitative estimate of drug-likeness (QED) is 0.655. The normalized spacial score (nSPS) is 22.3. The van der Waals surface area contributed by atoms with Crippen LogP contribution in [0.3, 0.4) is 0 Å². The van der Waals surface area contributed by atoms with Gasteiger partial charge in [-0.25, -0.2) is 0 Å². The molecule has 0 unspecified atom stereocenters. The monoisotopic (exact) mass is 301 g/mol. The highest BCUT2D eigenvalue weighted by molar-refractivity contribution is 7.71. The first-order valence-electron chi connectivity index (χ1n) is 7.59. The number of aromatic amines is 1. The number of hydrogen-bond donors (Lipinski definition) is 1. The van der Waals surface area contributed by atoms with Crippen molar-refractivity contribution in [3.8, 4) is 0 Å². The van der Waals surface area contributed by atoms with Crippen LogP contribution in [0, 0.1) is 4.77 Å². The predicted octanol–water partition coefficient (Wildman–Crippen LogP) is 4.43. The molecule has 0 spiro atoms. The summed E-state index contributed by atoms with van der Waals surface area (Å²) in [5, 5.41) is 0. The lowest BCUT2D eigenvalue weighted by Crippen LogP contribution is -2.36. The first kappa shape index (κ1) is 14.5. The molecule has 0 aliphatic carbocycles. The van der Waals surface area contributed by atoms with Gasteiger partial charge in [-0.3, -0.25) is 4.90 Å². The van der Waals surface area contributed by atoms with E-state index in [9.17, 15) is 0 Å². The van der Waals surface area contributed by atoms with E-state index in [-0.39, 0.29) is 0 Å². The molecule has 3 nitrogen and oxygen atoms in total. The summed E-state index contributed by atoms with van der Waals surface area (Å²) >= 11 is 5.52. The van der Waals surface area contributed by atoms with Crippen LogP contribution in [-0.4, -0.2) is 27.0 Å². The van der Waals surface area contributed by atoms with E-state index in [1.165, 1.54) is 16.7 Å². The Bertz CT molecular complexity index is 749. The van der Waals surface area contributed by atoms with Gasteiger partial charge >= 0.3 is 0 Å². The van der Waals surface area contributed by atoms with Crippen LogP contribution in [0.5, 0.6) is 0 Å². The SMILES string of the molecule is CC(C)=CCN1[C@H](C)Cn2c(=S)[nH]c3cccc(c32)[C@H]1C. The third-order valence-corrected chi connectivity index (χ3v) is 4.82. The number of nitrogens with one attached hydrogen (secondary N) is 1. The molecule has 0 saturated carbocycles. The van der Waals surface area contributed by atoms with E-state index in [0.717, 1.165) is 23.4 Å². The van der Waals surface area contributed by atoms with Crippen LogP contribution >= 0.6 is 12.2 Å². The average Bonchev–Trinajstić information content (AvgIpc) is 2.68. The van der Waals surface area contributed by atoms with E-state index >= 15 is 0 Å². The second-order valence-corrected chi connectivity index (χ2v) is 6.67. The first-order valence-corrected chi connectivity index (χ1v) is 8.00. The van der Waals surface area contributed by atoms with Gasteiger partial charge in [0.15, 0.2) is 4.77 Å². The zero-order valence-electron chi connectivity index (χ0n) is 13.2. The van der Waals surface area contributed by atoms with Gasteiger partial charge in [-0.05, 0) is 51.5 Å². The lowest BCUT2D eigenvalue weighted by atomic mass is 10.0. The number of para-hydroxylation sites is 1. The van der Waals surface area contributed by atoms with Gasteiger partial charge in [0.25, 0.3) is 0 Å². The number of hydrogen-bond acceptors (Lipinski definition) is 2. The van der Waals surface area contributed by atoms with Gasteiger partial charge < -0.3 is 9.55 Å². The zero-order chi connectivity index (χ0) is 15.1. The van der Waals surface area contributed by atoms with E-state index in [1.54, 1.807) is 0 Å². The number of imidazole rings is 1. The van der Waals surface area contributed by atoms with Gasteiger partial charge in [-0.15, -0.1) is 0 Å². The van der Waals surface area contributed by atoms with E-state index in [0.29, 0.717) is 12.1 Å². The molecule has 0 saturated heterocycles. The van der Waals surface area contributed by atoms with Crippen molar-refractivity contribution in [3.63, 3.8) is 0 Å². The van der Waals surface area contributed by atoms with E-state index in [1.807, 2.05) is 0 Å². The third kappa shape index (κ3) is 2.47. The number of aromatic nitrogens is 2. The molecule has 0 amide bonds. The Morgan fingerprint density at radius 1 is 1.38 bits per heavy atom. The molecule has 2 aromatic rings. The highest BCUT2D eigenvalue weighted by Crippen LogP contribution is 2.33. The second kappa shape index (κ2) is 5.43. The fourth-order valence-electron chi connectivity index (χ4n) is 3.31. The standard InChI is InChI=1S/C17H23N3S/c1-11(2)8-9-19-12(3)10-20-16-14(13(19)4)6-5-7-15(16)18-17(20)21/h5-8,12-13H,9-10H2,1-4H3,(H,18,21)/t12-,13-/m1/s1. The summed E-state index contributed by atoms with van der Waals surface area (Å²) in [7, 11) is 0. The number of H-pyrrole nitrogens is 1. The van der Waals surface area contributed by atoms with Gasteiger partial charge in [0, 0.05) is 25.2 Å². The molecule has 112 valence electrons. The summed E-state index contributed by atoms with van der Waals surface area (Å²) in [4.78, 5) is 5.90. The first-order chi connectivity index (χ1) is 9.99. The molecule has 1 aliphatic heterocycles. The Kier molecular flexibility index (Phi) is 3.76. The molecule has 0 radical (unpaired) electrons. The molecule has 21 heavy (non-hydrogen) atoms. The fraction of sp³-hybridized carbons (Fsp3) is 0.471. The minimum atomic E-state index is 0.387. The highest BCUT2D eigenvalue weighted by atomic mass is 32.1. The molecular weight excluding hydrogens is 278 g/mol. The van der Waals surface area contributed by atoms with Crippen LogP contribution in [0.4, 0.5) is 0 Å². The van der Waals surface area contributed by atoms with Gasteiger partial charge in [0.1, 0.15) is 0 Å². The summed E-state index contributed by atoms with van der Waals surface area (Å²) in [6, 6.07) is 7.32. The number of allylic oxidation sites excluding steroid dienone is 1. The van der Waals surface area contributed by atoms with Crippen molar-refractivity contribution in [3.05, 3.63) is 40.2 Å². The number of rotatable bonds is 2. The van der Waals surface area contributed by atoms with Crippen molar-refractivity contribution >= 4 is 23.3 Å². The van der Waals surface area contributed by atoms with Crippen molar-refractivity contribution in [2.24, 2.45) is 0 Å². The second-order valence-electron chi connectivity index (χ2n) is 6.29. The number of benzene rings is 1. The maximum atomic E-state index is 5.52. The predicted molar refractivity (Wildman–Crippen MR) is 91.1 cm³/mol. The van der Waals surface area contributed by atoms with Crippen LogP contribution in [0.25, 0.3) is 11.0 Å². The van der Waals surface area contributed by atoms with E-state index in [2.05, 4.69) is 66.4 Å². The third-order valence-electron chi connectivity index (χ3n) is 4.49. The molecule has 1 N–H and O–H groups in total. The van der Waals surface area contributed by atoms with Crippen LogP contribution in [-0.2, 0) is 6.54 Å². The summed E-state index contributed by atoms with van der Waals surface area (Å²) in [6.07, 6.45) is 2.31. The van der Waals surface area contributed by atoms with Crippen molar-refractivity contribution in [2.45, 2.75) is 46.3 Å². The van der Waals surface area contributed by atoms with Gasteiger partial charge in [-0.2, -0.15) is 0 Å². The van der Waals surface area contributed by atoms with Gasteiger partial charge in [-0.1, -0.05) is 23.8 Å². The summed E-state index contributed by atoms with van der Waals surface area (Å²) in [6.45, 7) is 10.8. The Balaban J connectivity index is 2.13. The highest BCUT2D eigenvalue weighted by Gasteiger charge is 2.27. The van der Waals surface area contributed by atoms with E-state index in [4.69, 9.17) is 12.2 Å². The summed E-state index contributed by atoms with van der Waals surface area (Å²) in [5.41, 5.74) is 5.17. The lowest BCUT2D eigenvalue weighted by Gasteiger charge is -2.32. The molecule has 1 aromatic carbocycles. The minimum absolute atomic E-state index is 0.387. The topological polar surface area (TPSA) is 24.0 Å². The van der Waals surface area contributed by atoms with Gasteiger partial charge in [0.05, 0.1) is 11.0 Å². The van der Waals surface area contributed by atoms with Crippen molar-refractivity contribution in [1.29, 1.82) is 0 Å². The molecule has 3 rings (SSSR count). The molecule has 0 fully saturated rings. The molecule has 4 heteroatoms. The smallest absolute Gasteiger partial charge is 0.178 e. The number of nitrogens with zero attached hydrogens (tertiary/aromatic N) is 2. The van der Waals surface area contributed by atoms with Crippen LogP contribution in [0.1, 0.15) is 39.3 Å². The van der Waals surface area contributed by atoms with Crippen molar-refractivity contribution in [1.82, 2.24) is 14.5 Å². The molecule has 1 aromatic heterocycles. The van der Waals surface area contributed by atoms with Crippen molar-refractivity contribution in [2.75, 3.05) is 6.54 Å². The Morgan fingerprint density at radius 3 is 2.86 bits per heavy atom. The Hall–Kier alpha value is -1.39. The fourth-order valence-corrected chi connectivity index (χ4v) is 3.59. The molecule has 2 atom stereocenters. The molecule has 1 aliphatic rings. The summed E-state index contributed by atoms with van der Waals surface area (Å²) in [5.74, 6) is 0. The largest absolute Gasteiger partial charge is 0.331 e. The molecule has 0 bridgehead atoms. The summed E-state index contributed by atoms with van der Waals surface area (Å²) < 4.78 is 3.10. The maximum absolute atomic E-state index is 5.52. The Morgan fingerprint density at radius 2 is 2.14 bits per heavy atom. The van der Waals surface area contributed by atoms with Crippen LogP contribution in [0.2, 0.25) is 0 Å². The zero-order valence-corrected chi connectivity index (χ0v) is 14.0. The molecular formula is C17H23N3S.